The average molecular weight is 195 g/mol. The minimum atomic E-state index is 1.12. The zero-order chi connectivity index (χ0) is 10.3. The first kappa shape index (κ1) is 9.53. The number of benzene rings is 1. The van der Waals surface area contributed by atoms with Crippen LogP contribution in [0.2, 0.25) is 0 Å². The normalized spacial score (nSPS) is 22.7. The fraction of sp³-hybridized carbons (Fsp3) is 0. The molecule has 0 aliphatic carbocycles. The molecule has 1 aliphatic heterocycles. The number of para-hydroxylation sites is 1. The predicted octanol–water partition coefficient (Wildman–Crippen LogP) is 3.75. The first-order valence-corrected chi connectivity index (χ1v) is 4.99. The van der Waals surface area contributed by atoms with Crippen LogP contribution in [-0.2, 0) is 0 Å². The molecule has 1 heterocycles. The molecule has 0 bridgehead atoms. The molecule has 0 fully saturated rings. The van der Waals surface area contributed by atoms with E-state index in [9.17, 15) is 0 Å². The van der Waals surface area contributed by atoms with Crippen LogP contribution >= 0.6 is 0 Å². The Bertz CT molecular complexity index is 436. The number of nitrogens with one attached hydrogen (secondary N) is 1. The third-order valence-corrected chi connectivity index (χ3v) is 2.13. The van der Waals surface area contributed by atoms with Crippen molar-refractivity contribution in [2.45, 2.75) is 0 Å². The van der Waals surface area contributed by atoms with E-state index in [1.54, 1.807) is 0 Å². The van der Waals surface area contributed by atoms with Gasteiger partial charge in [0.1, 0.15) is 0 Å². The van der Waals surface area contributed by atoms with Crippen LogP contribution in [-0.4, -0.2) is 0 Å². The van der Waals surface area contributed by atoms with Crippen LogP contribution in [0.4, 0.5) is 5.69 Å². The summed E-state index contributed by atoms with van der Waals surface area (Å²) in [5, 5.41) is 3.25. The van der Waals surface area contributed by atoms with Crippen molar-refractivity contribution in [3.8, 4) is 0 Å². The van der Waals surface area contributed by atoms with Crippen LogP contribution in [0.25, 0.3) is 6.08 Å². The van der Waals surface area contributed by atoms with E-state index in [2.05, 4.69) is 23.5 Å². The summed E-state index contributed by atoms with van der Waals surface area (Å²) in [6.07, 6.45) is 16.1. The van der Waals surface area contributed by atoms with Gasteiger partial charge in [0.2, 0.25) is 0 Å². The van der Waals surface area contributed by atoms with Crippen molar-refractivity contribution in [2.24, 2.45) is 0 Å². The van der Waals surface area contributed by atoms with Crippen LogP contribution in [0.5, 0.6) is 0 Å². The smallest absolute Gasteiger partial charge is 0.0453 e. The summed E-state index contributed by atoms with van der Waals surface area (Å²) in [5.74, 6) is 0. The topological polar surface area (TPSA) is 12.0 Å². The van der Waals surface area contributed by atoms with Crippen molar-refractivity contribution in [1.29, 1.82) is 0 Å². The number of allylic oxidation sites excluding steroid dienone is 6. The summed E-state index contributed by atoms with van der Waals surface area (Å²) in [7, 11) is 0. The van der Waals surface area contributed by atoms with E-state index in [1.807, 2.05) is 54.8 Å². The summed E-state index contributed by atoms with van der Waals surface area (Å²) < 4.78 is 0. The number of hydrogen-bond donors (Lipinski definition) is 1. The Kier molecular flexibility index (Phi) is 3.18. The molecule has 0 aromatic heterocycles. The fourth-order valence-corrected chi connectivity index (χ4v) is 1.38. The minimum absolute atomic E-state index is 1.12. The lowest BCUT2D eigenvalue weighted by Gasteiger charge is -2.04. The van der Waals surface area contributed by atoms with Crippen LogP contribution < -0.4 is 5.32 Å². The third kappa shape index (κ3) is 2.71. The zero-order valence-corrected chi connectivity index (χ0v) is 8.43. The van der Waals surface area contributed by atoms with Crippen LogP contribution in [0, 0.1) is 0 Å². The van der Waals surface area contributed by atoms with Gasteiger partial charge in [-0.25, -0.2) is 0 Å². The van der Waals surface area contributed by atoms with Crippen LogP contribution in [0.1, 0.15) is 5.56 Å². The molecule has 1 heteroatoms. The van der Waals surface area contributed by atoms with Gasteiger partial charge in [-0.2, -0.15) is 0 Å². The molecule has 0 amide bonds. The Morgan fingerprint density at radius 3 is 2.40 bits per heavy atom. The number of rotatable bonds is 0. The maximum absolute atomic E-state index is 3.25. The van der Waals surface area contributed by atoms with Crippen molar-refractivity contribution in [1.82, 2.24) is 0 Å². The van der Waals surface area contributed by atoms with Gasteiger partial charge >= 0.3 is 0 Å². The van der Waals surface area contributed by atoms with E-state index < -0.39 is 0 Å². The third-order valence-electron chi connectivity index (χ3n) is 2.13. The fourth-order valence-electron chi connectivity index (χ4n) is 1.38. The van der Waals surface area contributed by atoms with Crippen molar-refractivity contribution in [2.75, 3.05) is 5.32 Å². The van der Waals surface area contributed by atoms with Gasteiger partial charge in [-0.1, -0.05) is 54.7 Å². The van der Waals surface area contributed by atoms with Gasteiger partial charge in [-0.3, -0.25) is 0 Å². The summed E-state index contributed by atoms with van der Waals surface area (Å²) in [6, 6.07) is 8.22. The molecule has 15 heavy (non-hydrogen) atoms. The molecule has 74 valence electrons. The van der Waals surface area contributed by atoms with Crippen molar-refractivity contribution in [3.63, 3.8) is 0 Å². The van der Waals surface area contributed by atoms with Gasteiger partial charge in [-0.15, -0.1) is 0 Å². The second-order valence-corrected chi connectivity index (χ2v) is 3.22. The van der Waals surface area contributed by atoms with Crippen molar-refractivity contribution >= 4 is 11.8 Å². The molecule has 1 aromatic rings. The quantitative estimate of drug-likeness (QED) is 0.664. The molecule has 0 saturated carbocycles. The van der Waals surface area contributed by atoms with Gasteiger partial charge in [0.05, 0.1) is 0 Å². The minimum Gasteiger partial charge on any atom is -0.361 e. The average Bonchev–Trinajstić information content (AvgIpc) is 2.32. The molecular formula is C14H13N. The van der Waals surface area contributed by atoms with Crippen LogP contribution in [0.15, 0.2) is 66.9 Å². The van der Waals surface area contributed by atoms with E-state index >= 15 is 0 Å². The van der Waals surface area contributed by atoms with E-state index in [1.165, 1.54) is 5.56 Å². The van der Waals surface area contributed by atoms with E-state index in [0.717, 1.165) is 5.69 Å². The molecule has 0 atom stereocenters. The highest BCUT2D eigenvalue weighted by atomic mass is 14.8. The van der Waals surface area contributed by atoms with Gasteiger partial charge in [0.25, 0.3) is 0 Å². The second-order valence-electron chi connectivity index (χ2n) is 3.22. The lowest BCUT2D eigenvalue weighted by Crippen LogP contribution is -1.89. The standard InChI is InChI=1S/C14H13N/c1-2-4-8-12-15-14-11-7-6-10-13(14)9-5-3-1/h1-12,15H/b3-1+,4-2-,9-5-,12-8-. The molecule has 1 aromatic carbocycles. The molecular weight excluding hydrogens is 182 g/mol. The molecule has 0 spiro atoms. The zero-order valence-electron chi connectivity index (χ0n) is 8.43. The van der Waals surface area contributed by atoms with E-state index in [0.29, 0.717) is 0 Å². The summed E-state index contributed by atoms with van der Waals surface area (Å²) in [4.78, 5) is 0. The molecule has 0 saturated heterocycles. The van der Waals surface area contributed by atoms with Gasteiger partial charge in [0.15, 0.2) is 0 Å². The summed E-state index contributed by atoms with van der Waals surface area (Å²) >= 11 is 0. The molecule has 1 nitrogen and oxygen atoms in total. The van der Waals surface area contributed by atoms with Crippen LogP contribution in [0.3, 0.4) is 0 Å². The Labute approximate surface area is 90.1 Å². The summed E-state index contributed by atoms with van der Waals surface area (Å²) in [5.41, 5.74) is 2.31. The first-order chi connectivity index (χ1) is 7.47. The number of anilines is 1. The summed E-state index contributed by atoms with van der Waals surface area (Å²) in [6.45, 7) is 0. The van der Waals surface area contributed by atoms with Gasteiger partial charge in [0, 0.05) is 11.9 Å². The van der Waals surface area contributed by atoms with Gasteiger partial charge < -0.3 is 5.32 Å². The largest absolute Gasteiger partial charge is 0.361 e. The highest BCUT2D eigenvalue weighted by molar-refractivity contribution is 5.68. The Hall–Kier alpha value is -2.02. The SMILES string of the molecule is C1=C\C=C\C=C/c2ccccc2N\C=C/1. The number of fused-ring (bicyclic) bond motifs is 1. The van der Waals surface area contributed by atoms with E-state index in [-0.39, 0.29) is 0 Å². The predicted molar refractivity (Wildman–Crippen MR) is 66.5 cm³/mol. The lowest BCUT2D eigenvalue weighted by molar-refractivity contribution is 1.55. The Morgan fingerprint density at radius 2 is 1.47 bits per heavy atom. The molecule has 0 unspecified atom stereocenters. The van der Waals surface area contributed by atoms with Crippen molar-refractivity contribution in [3.05, 3.63) is 72.5 Å². The molecule has 1 aliphatic rings. The molecule has 0 radical (unpaired) electrons. The maximum Gasteiger partial charge on any atom is 0.0453 e. The van der Waals surface area contributed by atoms with E-state index in [4.69, 9.17) is 0 Å². The highest BCUT2D eigenvalue weighted by Gasteiger charge is 1.94. The van der Waals surface area contributed by atoms with Crippen molar-refractivity contribution < 1.29 is 0 Å². The lowest BCUT2D eigenvalue weighted by atomic mass is 10.1. The number of hydrogen-bond acceptors (Lipinski definition) is 1. The monoisotopic (exact) mass is 195 g/mol. The Balaban J connectivity index is 2.36. The van der Waals surface area contributed by atoms with Gasteiger partial charge in [-0.05, 0) is 17.7 Å². The first-order valence-electron chi connectivity index (χ1n) is 4.99. The molecule has 1 N–H and O–H groups in total. The molecule has 2 rings (SSSR count). The highest BCUT2D eigenvalue weighted by Crippen LogP contribution is 2.16. The Morgan fingerprint density at radius 1 is 0.733 bits per heavy atom. The second kappa shape index (κ2) is 5.01. The maximum atomic E-state index is 3.25.